The lowest BCUT2D eigenvalue weighted by Crippen LogP contribution is -2.36. The lowest BCUT2D eigenvalue weighted by atomic mass is 9.96. The van der Waals surface area contributed by atoms with Crippen LogP contribution in [0.4, 0.5) is 5.82 Å². The monoisotopic (exact) mass is 375 g/mol. The molecule has 0 aliphatic carbocycles. The van der Waals surface area contributed by atoms with E-state index in [2.05, 4.69) is 25.8 Å². The Kier molecular flexibility index (Phi) is 5.62. The van der Waals surface area contributed by atoms with E-state index in [1.54, 1.807) is 6.07 Å². The molecule has 1 aromatic heterocycles. The van der Waals surface area contributed by atoms with Gasteiger partial charge in [0.15, 0.2) is 0 Å². The van der Waals surface area contributed by atoms with Crippen LogP contribution in [0.2, 0.25) is 0 Å². The van der Waals surface area contributed by atoms with Crippen LogP contribution in [-0.2, 0) is 10.0 Å². The second-order valence-electron chi connectivity index (χ2n) is 5.57. The van der Waals surface area contributed by atoms with E-state index in [-0.39, 0.29) is 4.90 Å². The highest BCUT2D eigenvalue weighted by Gasteiger charge is 2.22. The van der Waals surface area contributed by atoms with E-state index in [0.29, 0.717) is 5.92 Å². The van der Waals surface area contributed by atoms with Crippen LogP contribution in [0.25, 0.3) is 0 Å². The average molecular weight is 376 g/mol. The van der Waals surface area contributed by atoms with Crippen LogP contribution >= 0.6 is 15.9 Å². The maximum Gasteiger partial charge on any atom is 0.244 e. The van der Waals surface area contributed by atoms with Gasteiger partial charge in [0.1, 0.15) is 10.7 Å². The molecule has 0 spiro atoms. The van der Waals surface area contributed by atoms with Crippen molar-refractivity contribution in [2.75, 3.05) is 37.4 Å². The number of pyridine rings is 1. The highest BCUT2D eigenvalue weighted by molar-refractivity contribution is 9.09. The molecule has 0 aromatic carbocycles. The van der Waals surface area contributed by atoms with Crippen molar-refractivity contribution in [1.29, 1.82) is 0 Å². The quantitative estimate of drug-likeness (QED) is 0.741. The van der Waals surface area contributed by atoms with Crippen LogP contribution in [0.5, 0.6) is 0 Å². The summed E-state index contributed by atoms with van der Waals surface area (Å²) < 4.78 is 25.3. The Balaban J connectivity index is 2.12. The number of anilines is 1. The number of halogens is 1. The predicted molar refractivity (Wildman–Crippen MR) is 88.5 cm³/mol. The van der Waals surface area contributed by atoms with Gasteiger partial charge in [0.2, 0.25) is 10.0 Å². The van der Waals surface area contributed by atoms with Crippen LogP contribution in [0.15, 0.2) is 23.2 Å². The second kappa shape index (κ2) is 7.07. The van der Waals surface area contributed by atoms with E-state index in [9.17, 15) is 8.42 Å². The van der Waals surface area contributed by atoms with Crippen LogP contribution in [0.1, 0.15) is 19.3 Å². The molecule has 1 unspecified atom stereocenters. The third-order valence-corrected chi connectivity index (χ3v) is 6.12. The van der Waals surface area contributed by atoms with E-state index in [4.69, 9.17) is 0 Å². The first-order chi connectivity index (χ1) is 9.95. The Hall–Kier alpha value is -0.660. The van der Waals surface area contributed by atoms with Crippen molar-refractivity contribution < 1.29 is 8.42 Å². The summed E-state index contributed by atoms with van der Waals surface area (Å²) in [6, 6.07) is 3.46. The molecule has 0 amide bonds. The summed E-state index contributed by atoms with van der Waals surface area (Å²) in [7, 11) is -0.345. The fraction of sp³-hybridized carbons (Fsp3) is 0.643. The lowest BCUT2D eigenvalue weighted by molar-refractivity contribution is 0.406. The molecular formula is C14H22BrN3O2S. The van der Waals surface area contributed by atoms with Crippen LogP contribution in [-0.4, -0.2) is 50.2 Å². The second-order valence-corrected chi connectivity index (χ2v) is 8.52. The number of sulfonamides is 1. The van der Waals surface area contributed by atoms with Gasteiger partial charge in [0.05, 0.1) is 0 Å². The highest BCUT2D eigenvalue weighted by atomic mass is 79.9. The zero-order valence-electron chi connectivity index (χ0n) is 12.5. The number of hydrogen-bond acceptors (Lipinski definition) is 4. The number of hydrogen-bond donors (Lipinski definition) is 0. The summed E-state index contributed by atoms with van der Waals surface area (Å²) >= 11 is 3.50. The Morgan fingerprint density at radius 1 is 1.43 bits per heavy atom. The minimum Gasteiger partial charge on any atom is -0.356 e. The summed E-state index contributed by atoms with van der Waals surface area (Å²) in [4.78, 5) is 6.85. The predicted octanol–water partition coefficient (Wildman–Crippen LogP) is 2.33. The minimum absolute atomic E-state index is 0.241. The Morgan fingerprint density at radius 2 is 2.19 bits per heavy atom. The fourth-order valence-electron chi connectivity index (χ4n) is 2.59. The summed E-state index contributed by atoms with van der Waals surface area (Å²) in [6.45, 7) is 1.99. The number of aromatic nitrogens is 1. The molecule has 2 heterocycles. The minimum atomic E-state index is -3.40. The molecule has 0 radical (unpaired) electrons. The van der Waals surface area contributed by atoms with Crippen molar-refractivity contribution in [3.63, 3.8) is 0 Å². The van der Waals surface area contributed by atoms with Gasteiger partial charge in [-0.2, -0.15) is 0 Å². The van der Waals surface area contributed by atoms with Crippen LogP contribution in [0, 0.1) is 5.92 Å². The molecule has 1 aliphatic rings. The van der Waals surface area contributed by atoms with Gasteiger partial charge in [-0.3, -0.25) is 0 Å². The van der Waals surface area contributed by atoms with E-state index in [1.807, 2.05) is 6.07 Å². The van der Waals surface area contributed by atoms with Crippen molar-refractivity contribution in [2.45, 2.75) is 24.2 Å². The van der Waals surface area contributed by atoms with Gasteiger partial charge in [-0.1, -0.05) is 15.9 Å². The van der Waals surface area contributed by atoms with Gasteiger partial charge in [-0.15, -0.1) is 0 Å². The van der Waals surface area contributed by atoms with E-state index < -0.39 is 10.0 Å². The molecule has 0 N–H and O–H groups in total. The molecule has 1 fully saturated rings. The van der Waals surface area contributed by atoms with E-state index in [1.165, 1.54) is 37.4 Å². The van der Waals surface area contributed by atoms with Crippen LogP contribution < -0.4 is 4.90 Å². The van der Waals surface area contributed by atoms with Crippen molar-refractivity contribution >= 4 is 31.8 Å². The molecule has 118 valence electrons. The van der Waals surface area contributed by atoms with Gasteiger partial charge in [0, 0.05) is 38.7 Å². The number of nitrogens with zero attached hydrogens (tertiary/aromatic N) is 3. The maximum atomic E-state index is 12.0. The fourth-order valence-corrected chi connectivity index (χ4v) is 4.08. The first-order valence-corrected chi connectivity index (χ1v) is 9.71. The van der Waals surface area contributed by atoms with Gasteiger partial charge >= 0.3 is 0 Å². The Bertz CT molecular complexity index is 558. The van der Waals surface area contributed by atoms with E-state index >= 15 is 0 Å². The van der Waals surface area contributed by atoms with Gasteiger partial charge in [0.25, 0.3) is 0 Å². The summed E-state index contributed by atoms with van der Waals surface area (Å²) in [5, 5.41) is 1.03. The standard InChI is InChI=1S/C14H22BrN3O2S/c1-17(2)21(19,20)13-5-6-14(16-10-13)18-9-3-4-12(11-18)7-8-15/h5-6,10,12H,3-4,7-9,11H2,1-2H3. The summed E-state index contributed by atoms with van der Waals surface area (Å²) in [5.41, 5.74) is 0. The molecule has 0 saturated carbocycles. The number of piperidine rings is 1. The van der Waals surface area contributed by atoms with Crippen molar-refractivity contribution in [3.8, 4) is 0 Å². The van der Waals surface area contributed by atoms with Gasteiger partial charge < -0.3 is 4.90 Å². The van der Waals surface area contributed by atoms with Crippen LogP contribution in [0.3, 0.4) is 0 Å². The SMILES string of the molecule is CN(C)S(=O)(=O)c1ccc(N2CCCC(CCBr)C2)nc1. The largest absolute Gasteiger partial charge is 0.356 e. The molecular weight excluding hydrogens is 354 g/mol. The molecule has 1 aliphatic heterocycles. The summed E-state index contributed by atoms with van der Waals surface area (Å²) in [5.74, 6) is 1.55. The molecule has 1 saturated heterocycles. The topological polar surface area (TPSA) is 53.5 Å². The summed E-state index contributed by atoms with van der Waals surface area (Å²) in [6.07, 6.45) is 5.05. The van der Waals surface area contributed by atoms with Crippen molar-refractivity contribution in [3.05, 3.63) is 18.3 Å². The first-order valence-electron chi connectivity index (χ1n) is 7.14. The molecule has 2 rings (SSSR count). The Labute approximate surface area is 135 Å². The molecule has 5 nitrogen and oxygen atoms in total. The van der Waals surface area contributed by atoms with Gasteiger partial charge in [-0.25, -0.2) is 17.7 Å². The molecule has 0 bridgehead atoms. The smallest absolute Gasteiger partial charge is 0.244 e. The third-order valence-electron chi connectivity index (χ3n) is 3.86. The highest BCUT2D eigenvalue weighted by Crippen LogP contribution is 2.25. The molecule has 21 heavy (non-hydrogen) atoms. The molecule has 1 aromatic rings. The number of rotatable bonds is 5. The van der Waals surface area contributed by atoms with E-state index in [0.717, 1.165) is 30.7 Å². The zero-order valence-corrected chi connectivity index (χ0v) is 14.9. The number of alkyl halides is 1. The lowest BCUT2D eigenvalue weighted by Gasteiger charge is -2.33. The molecule has 7 heteroatoms. The van der Waals surface area contributed by atoms with Crippen molar-refractivity contribution in [1.82, 2.24) is 9.29 Å². The maximum absolute atomic E-state index is 12.0. The average Bonchev–Trinajstić information content (AvgIpc) is 2.48. The Morgan fingerprint density at radius 3 is 2.76 bits per heavy atom. The zero-order chi connectivity index (χ0) is 15.5. The van der Waals surface area contributed by atoms with Gasteiger partial charge in [-0.05, 0) is 37.3 Å². The third kappa shape index (κ3) is 3.96. The molecule has 1 atom stereocenters. The first kappa shape index (κ1) is 16.7. The van der Waals surface area contributed by atoms with Crippen molar-refractivity contribution in [2.24, 2.45) is 5.92 Å². The normalized spacial score (nSPS) is 20.0.